The maximum Gasteiger partial charge on any atom is 0.290 e. The first-order valence-corrected chi connectivity index (χ1v) is 10.9. The molecule has 3 rings (SSSR count). The number of ketones is 4. The van der Waals surface area contributed by atoms with Crippen LogP contribution >= 0.6 is 0 Å². The first-order chi connectivity index (χ1) is 16.6. The molecule has 2 amide bonds. The molecule has 0 spiro atoms. The molecule has 0 bridgehead atoms. The molecule has 2 aromatic rings. The average molecular weight is 484 g/mol. The van der Waals surface area contributed by atoms with Crippen molar-refractivity contribution in [2.24, 2.45) is 0 Å². The number of hydrogen-bond donors (Lipinski definition) is 1. The van der Waals surface area contributed by atoms with Gasteiger partial charge in [0.15, 0.2) is 11.6 Å². The van der Waals surface area contributed by atoms with Crippen LogP contribution in [0.5, 0.6) is 0 Å². The Kier molecular flexibility index (Phi) is 8.30. The fraction of sp³-hybridized carbons (Fsp3) is 0.280. The number of Topliss-reactive ketones (excluding diaryl/α,β-unsaturated/α-hetero) is 4. The minimum Gasteiger partial charge on any atom is -0.347 e. The van der Waals surface area contributed by atoms with Gasteiger partial charge in [-0.25, -0.2) is 8.78 Å². The van der Waals surface area contributed by atoms with E-state index in [4.69, 9.17) is 0 Å². The van der Waals surface area contributed by atoms with Crippen LogP contribution < -0.4 is 5.32 Å². The van der Waals surface area contributed by atoms with Gasteiger partial charge in [0, 0.05) is 30.3 Å². The minimum atomic E-state index is -0.939. The topological polar surface area (TPSA) is 118 Å². The highest BCUT2D eigenvalue weighted by Crippen LogP contribution is 2.13. The fourth-order valence-electron chi connectivity index (χ4n) is 3.59. The summed E-state index contributed by atoms with van der Waals surface area (Å²) in [6, 6.07) is 8.81. The lowest BCUT2D eigenvalue weighted by atomic mass is 10.0. The van der Waals surface area contributed by atoms with E-state index in [0.717, 1.165) is 24.3 Å². The van der Waals surface area contributed by atoms with E-state index in [1.165, 1.54) is 29.2 Å². The van der Waals surface area contributed by atoms with E-state index in [1.807, 2.05) is 0 Å². The zero-order valence-corrected chi connectivity index (χ0v) is 18.6. The van der Waals surface area contributed by atoms with Gasteiger partial charge in [0.25, 0.3) is 11.8 Å². The molecule has 182 valence electrons. The quantitative estimate of drug-likeness (QED) is 0.331. The Balaban J connectivity index is 1.43. The van der Waals surface area contributed by atoms with Gasteiger partial charge in [-0.2, -0.15) is 0 Å². The second-order valence-corrected chi connectivity index (χ2v) is 8.10. The Morgan fingerprint density at radius 3 is 1.60 bits per heavy atom. The number of benzene rings is 2. The van der Waals surface area contributed by atoms with Crippen molar-refractivity contribution in [1.82, 2.24) is 10.2 Å². The van der Waals surface area contributed by atoms with Crippen LogP contribution in [0.2, 0.25) is 0 Å². The first kappa shape index (κ1) is 25.5. The Morgan fingerprint density at radius 1 is 0.714 bits per heavy atom. The highest BCUT2D eigenvalue weighted by Gasteiger charge is 2.30. The molecule has 0 aliphatic carbocycles. The van der Waals surface area contributed by atoms with Crippen LogP contribution in [0, 0.1) is 11.6 Å². The molecular formula is C25H22F2N2O6. The third-order valence-electron chi connectivity index (χ3n) is 5.58. The van der Waals surface area contributed by atoms with Crippen molar-refractivity contribution in [3.05, 3.63) is 71.3 Å². The number of amides is 2. The molecule has 0 atom stereocenters. The number of nitrogens with zero attached hydrogens (tertiary/aromatic N) is 1. The SMILES string of the molecule is O=C(CC(=O)c1ccc(F)cc1)C(=O)NC1CCN(C(=O)C(=O)CC(=O)c2ccc(F)cc2)CC1. The smallest absolute Gasteiger partial charge is 0.290 e. The molecular weight excluding hydrogens is 462 g/mol. The molecule has 1 heterocycles. The zero-order valence-electron chi connectivity index (χ0n) is 18.6. The van der Waals surface area contributed by atoms with Crippen LogP contribution in [0.1, 0.15) is 46.4 Å². The molecule has 10 heteroatoms. The third-order valence-corrected chi connectivity index (χ3v) is 5.58. The van der Waals surface area contributed by atoms with Crippen LogP contribution in [0.3, 0.4) is 0 Å². The molecule has 2 aromatic carbocycles. The van der Waals surface area contributed by atoms with Crippen molar-refractivity contribution in [3.63, 3.8) is 0 Å². The fourth-order valence-corrected chi connectivity index (χ4v) is 3.59. The predicted molar refractivity (Wildman–Crippen MR) is 118 cm³/mol. The molecule has 1 N–H and O–H groups in total. The van der Waals surface area contributed by atoms with Gasteiger partial charge in [0.05, 0.1) is 12.8 Å². The Hall–Kier alpha value is -4.08. The Labute approximate surface area is 199 Å². The minimum absolute atomic E-state index is 0.113. The van der Waals surface area contributed by atoms with Gasteiger partial charge in [-0.15, -0.1) is 0 Å². The number of hydrogen-bond acceptors (Lipinski definition) is 6. The monoisotopic (exact) mass is 484 g/mol. The molecule has 0 radical (unpaired) electrons. The summed E-state index contributed by atoms with van der Waals surface area (Å²) in [5, 5.41) is 2.52. The van der Waals surface area contributed by atoms with Crippen LogP contribution in [-0.4, -0.2) is 59.0 Å². The summed E-state index contributed by atoms with van der Waals surface area (Å²) in [7, 11) is 0. The van der Waals surface area contributed by atoms with Crippen molar-refractivity contribution >= 4 is 34.9 Å². The van der Waals surface area contributed by atoms with Gasteiger partial charge in [0.1, 0.15) is 11.6 Å². The summed E-state index contributed by atoms with van der Waals surface area (Å²) >= 11 is 0. The highest BCUT2D eigenvalue weighted by atomic mass is 19.1. The standard InChI is InChI=1S/C25H22F2N2O6/c26-17-5-1-15(2-6-17)20(30)13-22(32)24(34)28-19-9-11-29(12-10-19)25(35)23(33)14-21(31)16-3-7-18(27)8-4-16/h1-8,19H,9-14H2,(H,28,34). The van der Waals surface area contributed by atoms with E-state index in [1.54, 1.807) is 0 Å². The molecule has 0 saturated carbocycles. The summed E-state index contributed by atoms with van der Waals surface area (Å²) < 4.78 is 25.9. The molecule has 1 aliphatic rings. The van der Waals surface area contributed by atoms with Gasteiger partial charge < -0.3 is 10.2 Å². The van der Waals surface area contributed by atoms with E-state index < -0.39 is 65.5 Å². The molecule has 0 unspecified atom stereocenters. The van der Waals surface area contributed by atoms with Gasteiger partial charge >= 0.3 is 0 Å². The van der Waals surface area contributed by atoms with Crippen molar-refractivity contribution < 1.29 is 37.5 Å². The second kappa shape index (κ2) is 11.4. The lowest BCUT2D eigenvalue weighted by Crippen LogP contribution is -2.49. The predicted octanol–water partition coefficient (Wildman–Crippen LogP) is 2.06. The Bertz CT molecular complexity index is 1150. The number of carbonyl (C=O) groups is 6. The number of halogens is 2. The molecule has 8 nitrogen and oxygen atoms in total. The van der Waals surface area contributed by atoms with Crippen LogP contribution in [0.4, 0.5) is 8.78 Å². The number of piperidine rings is 1. The maximum atomic E-state index is 13.0. The van der Waals surface area contributed by atoms with Crippen molar-refractivity contribution in [2.45, 2.75) is 31.7 Å². The maximum absolute atomic E-state index is 13.0. The highest BCUT2D eigenvalue weighted by molar-refractivity contribution is 6.40. The normalized spacial score (nSPS) is 13.7. The van der Waals surface area contributed by atoms with E-state index >= 15 is 0 Å². The van der Waals surface area contributed by atoms with E-state index in [9.17, 15) is 37.5 Å². The number of rotatable bonds is 9. The van der Waals surface area contributed by atoms with E-state index in [0.29, 0.717) is 0 Å². The van der Waals surface area contributed by atoms with E-state index in [2.05, 4.69) is 5.32 Å². The third kappa shape index (κ3) is 6.95. The van der Waals surface area contributed by atoms with Gasteiger partial charge in [-0.3, -0.25) is 28.8 Å². The van der Waals surface area contributed by atoms with Gasteiger partial charge in [-0.1, -0.05) is 0 Å². The summed E-state index contributed by atoms with van der Waals surface area (Å²) in [5.74, 6) is -5.86. The lowest BCUT2D eigenvalue weighted by Gasteiger charge is -2.31. The van der Waals surface area contributed by atoms with Crippen molar-refractivity contribution in [1.29, 1.82) is 0 Å². The van der Waals surface area contributed by atoms with Gasteiger partial charge in [-0.05, 0) is 61.4 Å². The molecule has 1 saturated heterocycles. The zero-order chi connectivity index (χ0) is 25.5. The van der Waals surface area contributed by atoms with Crippen molar-refractivity contribution in [2.75, 3.05) is 13.1 Å². The van der Waals surface area contributed by atoms with Crippen LogP contribution in [-0.2, 0) is 19.2 Å². The average Bonchev–Trinajstić information content (AvgIpc) is 2.84. The van der Waals surface area contributed by atoms with Crippen molar-refractivity contribution in [3.8, 4) is 0 Å². The summed E-state index contributed by atoms with van der Waals surface area (Å²) in [5.41, 5.74) is 0.235. The summed E-state index contributed by atoms with van der Waals surface area (Å²) in [6.45, 7) is 0.256. The molecule has 1 aliphatic heterocycles. The molecule has 0 aromatic heterocycles. The number of carbonyl (C=O) groups excluding carboxylic acids is 6. The molecule has 35 heavy (non-hydrogen) atoms. The summed E-state index contributed by atoms with van der Waals surface area (Å²) in [4.78, 5) is 74.4. The van der Waals surface area contributed by atoms with Crippen LogP contribution in [0.15, 0.2) is 48.5 Å². The lowest BCUT2D eigenvalue weighted by molar-refractivity contribution is -0.145. The largest absolute Gasteiger partial charge is 0.347 e. The second-order valence-electron chi connectivity index (χ2n) is 8.10. The van der Waals surface area contributed by atoms with Crippen LogP contribution in [0.25, 0.3) is 0 Å². The van der Waals surface area contributed by atoms with E-state index in [-0.39, 0.29) is 37.1 Å². The number of likely N-dealkylation sites (tertiary alicyclic amines) is 1. The first-order valence-electron chi connectivity index (χ1n) is 10.9. The number of nitrogens with one attached hydrogen (secondary N) is 1. The Morgan fingerprint density at radius 2 is 1.14 bits per heavy atom. The van der Waals surface area contributed by atoms with Gasteiger partial charge in [0.2, 0.25) is 11.6 Å². The summed E-state index contributed by atoms with van der Waals surface area (Å²) in [6.07, 6.45) is -0.755. The molecule has 1 fully saturated rings.